The molecule has 1 unspecified atom stereocenters. The molecular formula is C15H11Cl2F2NO2. The molecule has 0 radical (unpaired) electrons. The molecule has 0 bridgehead atoms. The number of carbonyl (C=O) groups is 1. The van der Waals surface area contributed by atoms with Crippen LogP contribution in [0, 0.1) is 11.6 Å². The van der Waals surface area contributed by atoms with E-state index in [1.165, 1.54) is 18.2 Å². The quantitative estimate of drug-likeness (QED) is 0.886. The van der Waals surface area contributed by atoms with Crippen LogP contribution in [0.15, 0.2) is 36.4 Å². The largest absolute Gasteiger partial charge is 0.387 e. The zero-order valence-electron chi connectivity index (χ0n) is 11.1. The van der Waals surface area contributed by atoms with Crippen LogP contribution in [-0.4, -0.2) is 17.6 Å². The van der Waals surface area contributed by atoms with Gasteiger partial charge in [-0.1, -0.05) is 29.3 Å². The standard InChI is InChI=1S/C15H11Cl2F2NO2/c16-11-4-1-8(5-13(11)19)14(21)7-20-15(22)10-3-2-9(18)6-12(10)17/h1-6,14,21H,7H2,(H,20,22). The Hall–Kier alpha value is -1.69. The van der Waals surface area contributed by atoms with Gasteiger partial charge in [-0.25, -0.2) is 8.78 Å². The zero-order valence-corrected chi connectivity index (χ0v) is 12.6. The summed E-state index contributed by atoms with van der Waals surface area (Å²) in [7, 11) is 0. The molecule has 0 aromatic heterocycles. The molecule has 0 fully saturated rings. The van der Waals surface area contributed by atoms with Crippen molar-refractivity contribution in [1.82, 2.24) is 5.32 Å². The Kier molecular flexibility index (Phi) is 5.34. The topological polar surface area (TPSA) is 49.3 Å². The lowest BCUT2D eigenvalue weighted by Gasteiger charge is -2.13. The predicted octanol–water partition coefficient (Wildman–Crippen LogP) is 3.74. The fourth-order valence-electron chi connectivity index (χ4n) is 1.80. The van der Waals surface area contributed by atoms with E-state index in [0.29, 0.717) is 0 Å². The third-order valence-corrected chi connectivity index (χ3v) is 3.58. The van der Waals surface area contributed by atoms with E-state index >= 15 is 0 Å². The molecule has 0 spiro atoms. The second-order valence-corrected chi connectivity index (χ2v) is 5.34. The Morgan fingerprint density at radius 3 is 2.50 bits per heavy atom. The fourth-order valence-corrected chi connectivity index (χ4v) is 2.17. The van der Waals surface area contributed by atoms with Gasteiger partial charge in [0.2, 0.25) is 0 Å². The van der Waals surface area contributed by atoms with Crippen LogP contribution in [0.5, 0.6) is 0 Å². The number of hydrogen-bond acceptors (Lipinski definition) is 2. The molecule has 2 N–H and O–H groups in total. The molecule has 7 heteroatoms. The average molecular weight is 346 g/mol. The smallest absolute Gasteiger partial charge is 0.252 e. The van der Waals surface area contributed by atoms with Gasteiger partial charge >= 0.3 is 0 Å². The molecule has 1 amide bonds. The average Bonchev–Trinajstić information content (AvgIpc) is 2.47. The van der Waals surface area contributed by atoms with Crippen LogP contribution >= 0.6 is 23.2 Å². The van der Waals surface area contributed by atoms with Crippen LogP contribution < -0.4 is 5.32 Å². The van der Waals surface area contributed by atoms with Crippen molar-refractivity contribution in [2.24, 2.45) is 0 Å². The minimum atomic E-state index is -1.12. The first kappa shape index (κ1) is 16.7. The summed E-state index contributed by atoms with van der Waals surface area (Å²) in [5.74, 6) is -1.79. The highest BCUT2D eigenvalue weighted by molar-refractivity contribution is 6.33. The van der Waals surface area contributed by atoms with Gasteiger partial charge in [0, 0.05) is 6.54 Å². The summed E-state index contributed by atoms with van der Waals surface area (Å²) < 4.78 is 26.2. The molecule has 2 aromatic rings. The van der Waals surface area contributed by atoms with E-state index in [4.69, 9.17) is 23.2 Å². The lowest BCUT2D eigenvalue weighted by molar-refractivity contribution is 0.0916. The van der Waals surface area contributed by atoms with Crippen LogP contribution in [-0.2, 0) is 0 Å². The number of nitrogens with one attached hydrogen (secondary N) is 1. The Bertz CT molecular complexity index is 710. The van der Waals surface area contributed by atoms with Crippen molar-refractivity contribution in [3.63, 3.8) is 0 Å². The monoisotopic (exact) mass is 345 g/mol. The van der Waals surface area contributed by atoms with E-state index < -0.39 is 23.6 Å². The van der Waals surface area contributed by atoms with E-state index in [1.54, 1.807) is 0 Å². The second-order valence-electron chi connectivity index (χ2n) is 4.52. The Balaban J connectivity index is 2.02. The number of aliphatic hydroxyl groups is 1. The van der Waals surface area contributed by atoms with Gasteiger partial charge in [0.25, 0.3) is 5.91 Å². The molecule has 116 valence electrons. The van der Waals surface area contributed by atoms with E-state index in [9.17, 15) is 18.7 Å². The third-order valence-electron chi connectivity index (χ3n) is 2.96. The van der Waals surface area contributed by atoms with E-state index in [2.05, 4.69) is 5.32 Å². The number of carbonyl (C=O) groups excluding carboxylic acids is 1. The third kappa shape index (κ3) is 3.94. The molecule has 0 saturated carbocycles. The van der Waals surface area contributed by atoms with Gasteiger partial charge in [-0.05, 0) is 35.9 Å². The molecule has 2 rings (SSSR count). The van der Waals surface area contributed by atoms with Crippen molar-refractivity contribution >= 4 is 29.1 Å². The molecule has 22 heavy (non-hydrogen) atoms. The highest BCUT2D eigenvalue weighted by Crippen LogP contribution is 2.20. The molecule has 0 heterocycles. The Labute approximate surface area is 135 Å². The van der Waals surface area contributed by atoms with Crippen molar-refractivity contribution in [2.45, 2.75) is 6.10 Å². The summed E-state index contributed by atoms with van der Waals surface area (Å²) in [6.45, 7) is -0.159. The van der Waals surface area contributed by atoms with Gasteiger partial charge in [-0.3, -0.25) is 4.79 Å². The molecule has 0 aliphatic carbocycles. The summed E-state index contributed by atoms with van der Waals surface area (Å²) in [5, 5.41) is 12.3. The first-order chi connectivity index (χ1) is 10.4. The molecule has 3 nitrogen and oxygen atoms in total. The van der Waals surface area contributed by atoms with E-state index in [-0.39, 0.29) is 27.7 Å². The number of benzene rings is 2. The maximum atomic E-state index is 13.3. The van der Waals surface area contributed by atoms with Crippen LogP contribution in [0.2, 0.25) is 10.0 Å². The molecule has 0 saturated heterocycles. The van der Waals surface area contributed by atoms with Crippen LogP contribution in [0.1, 0.15) is 22.0 Å². The zero-order chi connectivity index (χ0) is 16.3. The van der Waals surface area contributed by atoms with Crippen LogP contribution in [0.4, 0.5) is 8.78 Å². The summed E-state index contributed by atoms with van der Waals surface area (Å²) in [4.78, 5) is 11.9. The number of rotatable bonds is 4. The predicted molar refractivity (Wildman–Crippen MR) is 80.1 cm³/mol. The number of amides is 1. The summed E-state index contributed by atoms with van der Waals surface area (Å²) in [6, 6.07) is 7.21. The minimum Gasteiger partial charge on any atom is -0.387 e. The maximum absolute atomic E-state index is 13.3. The maximum Gasteiger partial charge on any atom is 0.252 e. The Morgan fingerprint density at radius 1 is 1.14 bits per heavy atom. The van der Waals surface area contributed by atoms with Crippen molar-refractivity contribution in [2.75, 3.05) is 6.54 Å². The van der Waals surface area contributed by atoms with Gasteiger partial charge in [0.1, 0.15) is 11.6 Å². The highest BCUT2D eigenvalue weighted by atomic mass is 35.5. The van der Waals surface area contributed by atoms with Gasteiger partial charge < -0.3 is 10.4 Å². The van der Waals surface area contributed by atoms with Crippen molar-refractivity contribution in [3.05, 3.63) is 69.2 Å². The lowest BCUT2D eigenvalue weighted by Crippen LogP contribution is -2.28. The lowest BCUT2D eigenvalue weighted by atomic mass is 10.1. The summed E-state index contributed by atoms with van der Waals surface area (Å²) in [5.41, 5.74) is 0.352. The number of aliphatic hydroxyl groups excluding tert-OH is 1. The number of halogens is 4. The second kappa shape index (κ2) is 7.05. The fraction of sp³-hybridized carbons (Fsp3) is 0.133. The SMILES string of the molecule is O=C(NCC(O)c1ccc(Cl)c(F)c1)c1ccc(F)cc1Cl. The van der Waals surface area contributed by atoms with Crippen molar-refractivity contribution < 1.29 is 18.7 Å². The molecule has 0 aliphatic rings. The highest BCUT2D eigenvalue weighted by Gasteiger charge is 2.14. The van der Waals surface area contributed by atoms with Crippen molar-refractivity contribution in [3.8, 4) is 0 Å². The van der Waals surface area contributed by atoms with Gasteiger partial charge in [0.05, 0.1) is 21.7 Å². The first-order valence-corrected chi connectivity index (χ1v) is 7.00. The molecule has 2 aromatic carbocycles. The normalized spacial score (nSPS) is 12.0. The molecular weight excluding hydrogens is 335 g/mol. The summed E-state index contributed by atoms with van der Waals surface area (Å²) in [6.07, 6.45) is -1.12. The van der Waals surface area contributed by atoms with E-state index in [0.717, 1.165) is 18.2 Å². The van der Waals surface area contributed by atoms with E-state index in [1.807, 2.05) is 0 Å². The molecule has 0 aliphatic heterocycles. The number of hydrogen-bond donors (Lipinski definition) is 2. The van der Waals surface area contributed by atoms with Crippen LogP contribution in [0.25, 0.3) is 0 Å². The minimum absolute atomic E-state index is 0.0375. The molecule has 1 atom stereocenters. The van der Waals surface area contributed by atoms with Gasteiger partial charge in [-0.15, -0.1) is 0 Å². The Morgan fingerprint density at radius 2 is 1.86 bits per heavy atom. The summed E-state index contributed by atoms with van der Waals surface area (Å²) >= 11 is 11.3. The van der Waals surface area contributed by atoms with Gasteiger partial charge in [-0.2, -0.15) is 0 Å². The first-order valence-electron chi connectivity index (χ1n) is 6.24. The van der Waals surface area contributed by atoms with Crippen LogP contribution in [0.3, 0.4) is 0 Å². The van der Waals surface area contributed by atoms with Gasteiger partial charge in [0.15, 0.2) is 0 Å². The van der Waals surface area contributed by atoms with Crippen molar-refractivity contribution in [1.29, 1.82) is 0 Å².